The van der Waals surface area contributed by atoms with Crippen LogP contribution < -0.4 is 14.4 Å². The van der Waals surface area contributed by atoms with Crippen molar-refractivity contribution in [3.63, 3.8) is 0 Å². The van der Waals surface area contributed by atoms with Crippen molar-refractivity contribution in [3.8, 4) is 5.75 Å². The number of unbranched alkanes of at least 4 members (excludes halogenated alkanes) is 1. The van der Waals surface area contributed by atoms with Crippen molar-refractivity contribution >= 4 is 27.5 Å². The largest absolute Gasteiger partial charge is 0.497 e. The van der Waals surface area contributed by atoms with Crippen molar-refractivity contribution < 1.29 is 22.7 Å². The number of carbonyl (C=O) groups excluding carboxylic acids is 2. The fourth-order valence-corrected chi connectivity index (χ4v) is 5.62. The van der Waals surface area contributed by atoms with Crippen LogP contribution in [0.25, 0.3) is 0 Å². The van der Waals surface area contributed by atoms with Gasteiger partial charge in [-0.1, -0.05) is 55.3 Å². The number of nitrogens with one attached hydrogen (secondary N) is 1. The van der Waals surface area contributed by atoms with Gasteiger partial charge in [0, 0.05) is 13.1 Å². The standard InChI is InChI=1S/C31H39N3O5S/c1-6-7-20-32-31(36)25(4)33(21-26-11-9-8-10-24(26)3)30(35)22-34(27-14-16-28(39-5)17-15-27)40(37,38)29-18-12-23(2)13-19-29/h8-19,25H,6-7,20-22H2,1-5H3,(H,32,36)/t25-/m1/s1. The highest BCUT2D eigenvalue weighted by atomic mass is 32.2. The van der Waals surface area contributed by atoms with E-state index in [2.05, 4.69) is 5.32 Å². The zero-order valence-corrected chi connectivity index (χ0v) is 24.7. The summed E-state index contributed by atoms with van der Waals surface area (Å²) in [5.74, 6) is -0.220. The lowest BCUT2D eigenvalue weighted by atomic mass is 10.1. The summed E-state index contributed by atoms with van der Waals surface area (Å²) in [6.07, 6.45) is 1.75. The van der Waals surface area contributed by atoms with E-state index in [-0.39, 0.29) is 17.3 Å². The SMILES string of the molecule is CCCCNC(=O)[C@@H](C)N(Cc1ccccc1C)C(=O)CN(c1ccc(OC)cc1)S(=O)(=O)c1ccc(C)cc1. The van der Waals surface area contributed by atoms with Crippen LogP contribution in [0.3, 0.4) is 0 Å². The molecule has 0 aliphatic heterocycles. The molecule has 0 unspecified atom stereocenters. The van der Waals surface area contributed by atoms with E-state index in [0.29, 0.717) is 18.0 Å². The maximum Gasteiger partial charge on any atom is 0.264 e. The number of nitrogens with zero attached hydrogens (tertiary/aromatic N) is 2. The molecule has 0 saturated heterocycles. The van der Waals surface area contributed by atoms with Gasteiger partial charge in [-0.3, -0.25) is 13.9 Å². The van der Waals surface area contributed by atoms with E-state index in [1.54, 1.807) is 43.3 Å². The molecular weight excluding hydrogens is 526 g/mol. The van der Waals surface area contributed by atoms with Gasteiger partial charge >= 0.3 is 0 Å². The summed E-state index contributed by atoms with van der Waals surface area (Å²) in [5, 5.41) is 2.90. The van der Waals surface area contributed by atoms with E-state index in [4.69, 9.17) is 4.74 Å². The lowest BCUT2D eigenvalue weighted by molar-refractivity contribution is -0.139. The van der Waals surface area contributed by atoms with Crippen molar-refractivity contribution in [2.24, 2.45) is 0 Å². The molecule has 0 spiro atoms. The van der Waals surface area contributed by atoms with E-state index in [1.807, 2.05) is 45.0 Å². The van der Waals surface area contributed by atoms with Crippen molar-refractivity contribution in [2.75, 3.05) is 24.5 Å². The summed E-state index contributed by atoms with van der Waals surface area (Å²) < 4.78 is 34.1. The van der Waals surface area contributed by atoms with Crippen LogP contribution in [0.15, 0.2) is 77.7 Å². The summed E-state index contributed by atoms with van der Waals surface area (Å²) in [6.45, 7) is 7.70. The van der Waals surface area contributed by atoms with Crippen LogP contribution in [0, 0.1) is 13.8 Å². The van der Waals surface area contributed by atoms with E-state index < -0.39 is 28.5 Å². The first kappa shape index (κ1) is 30.7. The Balaban J connectivity index is 2.01. The van der Waals surface area contributed by atoms with Crippen LogP contribution in [0.1, 0.15) is 43.4 Å². The van der Waals surface area contributed by atoms with Gasteiger partial charge in [-0.25, -0.2) is 8.42 Å². The molecule has 1 atom stereocenters. The van der Waals surface area contributed by atoms with Gasteiger partial charge in [0.25, 0.3) is 10.0 Å². The van der Waals surface area contributed by atoms with E-state index in [9.17, 15) is 18.0 Å². The molecule has 3 aromatic rings. The molecule has 1 N–H and O–H groups in total. The second-order valence-corrected chi connectivity index (χ2v) is 11.7. The lowest BCUT2D eigenvalue weighted by Gasteiger charge is -2.32. The van der Waals surface area contributed by atoms with E-state index >= 15 is 0 Å². The van der Waals surface area contributed by atoms with Gasteiger partial charge in [0.2, 0.25) is 11.8 Å². The van der Waals surface area contributed by atoms with Crippen LogP contribution in [0.2, 0.25) is 0 Å². The highest BCUT2D eigenvalue weighted by molar-refractivity contribution is 7.92. The maximum absolute atomic E-state index is 14.0. The molecule has 0 aromatic heterocycles. The van der Waals surface area contributed by atoms with E-state index in [0.717, 1.165) is 33.8 Å². The van der Waals surface area contributed by atoms with Gasteiger partial charge in [0.05, 0.1) is 17.7 Å². The third-order valence-electron chi connectivity index (χ3n) is 6.85. The summed E-state index contributed by atoms with van der Waals surface area (Å²) in [7, 11) is -2.60. The third-order valence-corrected chi connectivity index (χ3v) is 8.64. The molecule has 0 bridgehead atoms. The molecule has 0 aliphatic carbocycles. The maximum atomic E-state index is 14.0. The number of methoxy groups -OCH3 is 1. The first-order chi connectivity index (χ1) is 19.1. The molecule has 8 nitrogen and oxygen atoms in total. The number of benzene rings is 3. The van der Waals surface area contributed by atoms with Crippen molar-refractivity contribution in [1.29, 1.82) is 0 Å². The Labute approximate surface area is 238 Å². The zero-order chi connectivity index (χ0) is 29.3. The summed E-state index contributed by atoms with van der Waals surface area (Å²) in [6, 6.07) is 19.8. The first-order valence-electron chi connectivity index (χ1n) is 13.4. The Hall–Kier alpha value is -3.85. The summed E-state index contributed by atoms with van der Waals surface area (Å²) in [5.41, 5.74) is 3.07. The van der Waals surface area contributed by atoms with Crippen molar-refractivity contribution in [2.45, 2.75) is 58.0 Å². The Morgan fingerprint density at radius 2 is 1.60 bits per heavy atom. The van der Waals surface area contributed by atoms with Gasteiger partial charge in [-0.05, 0) is 74.7 Å². The summed E-state index contributed by atoms with van der Waals surface area (Å²) in [4.78, 5) is 28.6. The second-order valence-electron chi connectivity index (χ2n) is 9.79. The fraction of sp³-hybridized carbons (Fsp3) is 0.355. The minimum absolute atomic E-state index is 0.0672. The molecule has 9 heteroatoms. The number of hydrogen-bond donors (Lipinski definition) is 1. The normalized spacial score (nSPS) is 11.9. The van der Waals surface area contributed by atoms with Gasteiger partial charge in [-0.15, -0.1) is 0 Å². The molecule has 3 aromatic carbocycles. The van der Waals surface area contributed by atoms with E-state index in [1.165, 1.54) is 24.1 Å². The molecular formula is C31H39N3O5S. The Morgan fingerprint density at radius 3 is 2.20 bits per heavy atom. The van der Waals surface area contributed by atoms with Crippen molar-refractivity contribution in [1.82, 2.24) is 10.2 Å². The Kier molecular flexibility index (Phi) is 10.7. The quantitative estimate of drug-likeness (QED) is 0.299. The number of rotatable bonds is 13. The minimum Gasteiger partial charge on any atom is -0.497 e. The number of anilines is 1. The molecule has 0 aliphatic rings. The zero-order valence-electron chi connectivity index (χ0n) is 23.9. The number of amides is 2. The van der Waals surface area contributed by atoms with Gasteiger partial charge < -0.3 is 15.0 Å². The van der Waals surface area contributed by atoms with Crippen LogP contribution in [0.4, 0.5) is 5.69 Å². The van der Waals surface area contributed by atoms with Crippen LogP contribution in [-0.2, 0) is 26.2 Å². The number of sulfonamides is 1. The second kappa shape index (κ2) is 14.0. The van der Waals surface area contributed by atoms with Crippen LogP contribution >= 0.6 is 0 Å². The average Bonchev–Trinajstić information content (AvgIpc) is 2.95. The number of aryl methyl sites for hydroxylation is 2. The predicted octanol–water partition coefficient (Wildman–Crippen LogP) is 4.84. The number of ether oxygens (including phenoxy) is 1. The first-order valence-corrected chi connectivity index (χ1v) is 14.9. The Bertz CT molecular complexity index is 1390. The number of carbonyl (C=O) groups is 2. The fourth-order valence-electron chi connectivity index (χ4n) is 4.20. The monoisotopic (exact) mass is 565 g/mol. The van der Waals surface area contributed by atoms with Gasteiger partial charge in [-0.2, -0.15) is 0 Å². The lowest BCUT2D eigenvalue weighted by Crippen LogP contribution is -2.51. The molecule has 0 fully saturated rings. The number of hydrogen-bond acceptors (Lipinski definition) is 5. The average molecular weight is 566 g/mol. The smallest absolute Gasteiger partial charge is 0.264 e. The molecule has 0 heterocycles. The molecule has 2 amide bonds. The third kappa shape index (κ3) is 7.63. The topological polar surface area (TPSA) is 96.0 Å². The van der Waals surface area contributed by atoms with Crippen LogP contribution in [0.5, 0.6) is 5.75 Å². The predicted molar refractivity (Wildman–Crippen MR) is 158 cm³/mol. The minimum atomic E-state index is -4.12. The molecule has 0 saturated carbocycles. The summed E-state index contributed by atoms with van der Waals surface area (Å²) >= 11 is 0. The Morgan fingerprint density at radius 1 is 0.950 bits per heavy atom. The highest BCUT2D eigenvalue weighted by Gasteiger charge is 2.32. The molecule has 40 heavy (non-hydrogen) atoms. The molecule has 0 radical (unpaired) electrons. The van der Waals surface area contributed by atoms with Gasteiger partial charge in [0.1, 0.15) is 18.3 Å². The van der Waals surface area contributed by atoms with Crippen LogP contribution in [-0.4, -0.2) is 51.4 Å². The highest BCUT2D eigenvalue weighted by Crippen LogP contribution is 2.27. The molecule has 214 valence electrons. The van der Waals surface area contributed by atoms with Crippen molar-refractivity contribution in [3.05, 3.63) is 89.5 Å². The molecule has 3 rings (SSSR count). The van der Waals surface area contributed by atoms with Gasteiger partial charge in [0.15, 0.2) is 0 Å².